The highest BCUT2D eigenvalue weighted by atomic mass is 16.5. The first-order valence-electron chi connectivity index (χ1n) is 9.55. The number of hydrogen-bond donors (Lipinski definition) is 2. The predicted molar refractivity (Wildman–Crippen MR) is 114 cm³/mol. The predicted octanol–water partition coefficient (Wildman–Crippen LogP) is 5.21. The molecule has 0 saturated carbocycles. The summed E-state index contributed by atoms with van der Waals surface area (Å²) >= 11 is 0. The van der Waals surface area contributed by atoms with Crippen LogP contribution in [-0.4, -0.2) is 35.4 Å². The molecule has 0 bridgehead atoms. The van der Waals surface area contributed by atoms with Gasteiger partial charge in [0.2, 0.25) is 0 Å². The summed E-state index contributed by atoms with van der Waals surface area (Å²) in [7, 11) is 0. The Bertz CT molecular complexity index is 965. The average Bonchev–Trinajstić information content (AvgIpc) is 2.75. The van der Waals surface area contributed by atoms with E-state index in [1.165, 1.54) is 0 Å². The molecule has 0 aromatic heterocycles. The second kappa shape index (κ2) is 9.13. The maximum atomic E-state index is 11.1. The van der Waals surface area contributed by atoms with Gasteiger partial charge in [0, 0.05) is 11.1 Å². The van der Waals surface area contributed by atoms with E-state index in [9.17, 15) is 9.59 Å². The first-order chi connectivity index (χ1) is 14.4. The van der Waals surface area contributed by atoms with E-state index in [4.69, 9.17) is 19.7 Å². The van der Waals surface area contributed by atoms with Crippen molar-refractivity contribution >= 4 is 11.9 Å². The van der Waals surface area contributed by atoms with Gasteiger partial charge in [-0.3, -0.25) is 0 Å². The third kappa shape index (κ3) is 4.43. The smallest absolute Gasteiger partial charge is 0.335 e. The lowest BCUT2D eigenvalue weighted by Crippen LogP contribution is -2.00. The minimum atomic E-state index is -0.984. The van der Waals surface area contributed by atoms with Crippen LogP contribution < -0.4 is 9.47 Å². The summed E-state index contributed by atoms with van der Waals surface area (Å²) in [5.74, 6) is -0.717. The number of benzene rings is 3. The Hall–Kier alpha value is -3.80. The number of carbonyl (C=O) groups is 2. The van der Waals surface area contributed by atoms with Crippen LogP contribution in [0.25, 0.3) is 22.3 Å². The lowest BCUT2D eigenvalue weighted by atomic mass is 9.96. The van der Waals surface area contributed by atoms with Crippen LogP contribution >= 0.6 is 0 Å². The molecule has 6 heteroatoms. The highest BCUT2D eigenvalue weighted by Crippen LogP contribution is 2.41. The zero-order valence-corrected chi connectivity index (χ0v) is 16.7. The monoisotopic (exact) mass is 406 g/mol. The summed E-state index contributed by atoms with van der Waals surface area (Å²) in [5.41, 5.74) is 3.58. The van der Waals surface area contributed by atoms with E-state index < -0.39 is 11.9 Å². The maximum Gasteiger partial charge on any atom is 0.335 e. The maximum absolute atomic E-state index is 11.1. The number of carboxylic acids is 2. The molecule has 0 unspecified atom stereocenters. The van der Waals surface area contributed by atoms with Crippen molar-refractivity contribution in [3.8, 4) is 33.8 Å². The molecule has 0 amide bonds. The number of ether oxygens (including phenoxy) is 2. The first-order valence-corrected chi connectivity index (χ1v) is 9.55. The van der Waals surface area contributed by atoms with Gasteiger partial charge < -0.3 is 19.7 Å². The highest BCUT2D eigenvalue weighted by molar-refractivity contribution is 5.90. The van der Waals surface area contributed by atoms with Crippen molar-refractivity contribution in [1.82, 2.24) is 0 Å². The number of aromatic carboxylic acids is 2. The molecule has 3 aromatic carbocycles. The molecule has 0 aliphatic heterocycles. The second-order valence-electron chi connectivity index (χ2n) is 6.48. The highest BCUT2D eigenvalue weighted by Gasteiger charge is 2.16. The van der Waals surface area contributed by atoms with Crippen LogP contribution in [0.4, 0.5) is 0 Å². The average molecular weight is 406 g/mol. The topological polar surface area (TPSA) is 93.1 Å². The molecule has 6 nitrogen and oxygen atoms in total. The Morgan fingerprint density at radius 2 is 1.00 bits per heavy atom. The summed E-state index contributed by atoms with van der Waals surface area (Å²) in [6.07, 6.45) is 0. The molecule has 0 saturated heterocycles. The van der Waals surface area contributed by atoms with Gasteiger partial charge in [0.25, 0.3) is 0 Å². The van der Waals surface area contributed by atoms with Gasteiger partial charge >= 0.3 is 11.9 Å². The Morgan fingerprint density at radius 1 is 0.667 bits per heavy atom. The van der Waals surface area contributed by atoms with Crippen molar-refractivity contribution in [1.29, 1.82) is 0 Å². The molecule has 0 spiro atoms. The minimum absolute atomic E-state index is 0.205. The summed E-state index contributed by atoms with van der Waals surface area (Å²) in [4.78, 5) is 22.3. The van der Waals surface area contributed by atoms with Crippen molar-refractivity contribution in [3.63, 3.8) is 0 Å². The Kier molecular flexibility index (Phi) is 6.37. The van der Waals surface area contributed by atoms with Crippen molar-refractivity contribution in [2.75, 3.05) is 13.2 Å². The van der Waals surface area contributed by atoms with Crippen LogP contribution in [0.2, 0.25) is 0 Å². The lowest BCUT2D eigenvalue weighted by Gasteiger charge is -2.17. The largest absolute Gasteiger partial charge is 0.493 e. The number of hydrogen-bond acceptors (Lipinski definition) is 4. The van der Waals surface area contributed by atoms with Gasteiger partial charge in [0.1, 0.15) is 11.5 Å². The van der Waals surface area contributed by atoms with Gasteiger partial charge in [-0.1, -0.05) is 24.3 Å². The summed E-state index contributed by atoms with van der Waals surface area (Å²) in [5, 5.41) is 18.3. The fourth-order valence-corrected chi connectivity index (χ4v) is 3.15. The Balaban J connectivity index is 2.13. The van der Waals surface area contributed by atoms with Crippen molar-refractivity contribution < 1.29 is 29.3 Å². The third-order valence-electron chi connectivity index (χ3n) is 4.57. The minimum Gasteiger partial charge on any atom is -0.493 e. The van der Waals surface area contributed by atoms with Gasteiger partial charge in [-0.05, 0) is 61.4 Å². The van der Waals surface area contributed by atoms with Crippen molar-refractivity contribution in [2.24, 2.45) is 0 Å². The molecule has 0 radical (unpaired) electrons. The van der Waals surface area contributed by atoms with Crippen LogP contribution in [0.1, 0.15) is 34.6 Å². The van der Waals surface area contributed by atoms with Crippen LogP contribution in [0.15, 0.2) is 60.7 Å². The van der Waals surface area contributed by atoms with E-state index in [2.05, 4.69) is 0 Å². The molecule has 0 aliphatic carbocycles. The molecule has 2 N–H and O–H groups in total. The van der Waals surface area contributed by atoms with Gasteiger partial charge in [0.05, 0.1) is 24.3 Å². The fourth-order valence-electron chi connectivity index (χ4n) is 3.15. The van der Waals surface area contributed by atoms with Crippen LogP contribution in [-0.2, 0) is 0 Å². The Morgan fingerprint density at radius 3 is 1.27 bits per heavy atom. The van der Waals surface area contributed by atoms with Crippen LogP contribution in [0.3, 0.4) is 0 Å². The summed E-state index contributed by atoms with van der Waals surface area (Å²) in [6.45, 7) is 4.67. The summed E-state index contributed by atoms with van der Waals surface area (Å²) < 4.78 is 11.7. The van der Waals surface area contributed by atoms with E-state index in [-0.39, 0.29) is 11.1 Å². The molecule has 3 aromatic rings. The second-order valence-corrected chi connectivity index (χ2v) is 6.48. The van der Waals surface area contributed by atoms with E-state index in [0.29, 0.717) is 24.7 Å². The molecule has 0 aliphatic rings. The fraction of sp³-hybridized carbons (Fsp3) is 0.167. The van der Waals surface area contributed by atoms with Gasteiger partial charge in [0.15, 0.2) is 0 Å². The molecule has 3 rings (SSSR count). The van der Waals surface area contributed by atoms with Gasteiger partial charge in [-0.15, -0.1) is 0 Å². The van der Waals surface area contributed by atoms with Crippen LogP contribution in [0.5, 0.6) is 11.5 Å². The van der Waals surface area contributed by atoms with E-state index in [1.807, 2.05) is 26.0 Å². The zero-order valence-electron chi connectivity index (χ0n) is 16.7. The first kappa shape index (κ1) is 20.9. The van der Waals surface area contributed by atoms with Crippen LogP contribution in [0, 0.1) is 0 Å². The molecule has 0 heterocycles. The standard InChI is InChI=1S/C24H22O6/c1-3-29-21-13-20(16-7-11-18(12-8-16)24(27)28)22(30-4-2)14-19(21)15-5-9-17(10-6-15)23(25)26/h5-14H,3-4H2,1-2H3,(H,25,26)(H,27,28). The molecule has 154 valence electrons. The third-order valence-corrected chi connectivity index (χ3v) is 4.57. The lowest BCUT2D eigenvalue weighted by molar-refractivity contribution is 0.0686. The van der Waals surface area contributed by atoms with E-state index in [0.717, 1.165) is 22.3 Å². The van der Waals surface area contributed by atoms with Gasteiger partial charge in [-0.2, -0.15) is 0 Å². The summed E-state index contributed by atoms with van der Waals surface area (Å²) in [6, 6.07) is 16.9. The molecule has 0 atom stereocenters. The Labute approximate surface area is 174 Å². The molecular weight excluding hydrogens is 384 g/mol. The number of carboxylic acid groups (broad SMARTS) is 2. The van der Waals surface area contributed by atoms with E-state index in [1.54, 1.807) is 48.5 Å². The molecule has 0 fully saturated rings. The number of rotatable bonds is 8. The SMILES string of the molecule is CCOc1cc(-c2ccc(C(=O)O)cc2)c(OCC)cc1-c1ccc(C(=O)O)cc1. The van der Waals surface area contributed by atoms with Gasteiger partial charge in [-0.25, -0.2) is 9.59 Å². The normalized spacial score (nSPS) is 10.5. The van der Waals surface area contributed by atoms with Crippen molar-refractivity contribution in [2.45, 2.75) is 13.8 Å². The molecular formula is C24H22O6. The van der Waals surface area contributed by atoms with E-state index >= 15 is 0 Å². The zero-order chi connectivity index (χ0) is 21.7. The quantitative estimate of drug-likeness (QED) is 0.533. The molecule has 30 heavy (non-hydrogen) atoms. The van der Waals surface area contributed by atoms with Crippen molar-refractivity contribution in [3.05, 3.63) is 71.8 Å².